The molecule has 2 aromatic rings. The van der Waals surface area contributed by atoms with E-state index in [1.54, 1.807) is 6.92 Å². The summed E-state index contributed by atoms with van der Waals surface area (Å²) in [5.41, 5.74) is -1.27. The maximum Gasteiger partial charge on any atom is 0.418 e. The third-order valence-electron chi connectivity index (χ3n) is 3.03. The summed E-state index contributed by atoms with van der Waals surface area (Å²) < 4.78 is 44.1. The highest BCUT2D eigenvalue weighted by Crippen LogP contribution is 2.36. The lowest BCUT2D eigenvalue weighted by Crippen LogP contribution is -2.16. The fraction of sp³-hybridized carbons (Fsp3) is 0.188. The average Bonchev–Trinajstić information content (AvgIpc) is 2.50. The van der Waals surface area contributed by atoms with E-state index in [9.17, 15) is 18.0 Å². The van der Waals surface area contributed by atoms with Crippen molar-refractivity contribution in [1.82, 2.24) is 0 Å². The summed E-state index contributed by atoms with van der Waals surface area (Å²) in [6.07, 6.45) is -4.59. The Hall–Kier alpha value is -1.92. The van der Waals surface area contributed by atoms with Crippen LogP contribution in [0.2, 0.25) is 10.0 Å². The predicted octanol–water partition coefficient (Wildman–Crippen LogP) is 5.66. The van der Waals surface area contributed by atoms with Crippen LogP contribution in [0.1, 0.15) is 22.8 Å². The highest BCUT2D eigenvalue weighted by molar-refractivity contribution is 6.37. The summed E-state index contributed by atoms with van der Waals surface area (Å²) in [6.45, 7) is 2.06. The summed E-state index contributed by atoms with van der Waals surface area (Å²) in [5.74, 6) is -0.549. The molecule has 0 unspecified atom stereocenters. The predicted molar refractivity (Wildman–Crippen MR) is 87.0 cm³/mol. The third-order valence-corrected chi connectivity index (χ3v) is 3.59. The first-order valence-corrected chi connectivity index (χ1v) is 7.59. The molecule has 1 N–H and O–H groups in total. The van der Waals surface area contributed by atoms with Crippen molar-refractivity contribution in [2.24, 2.45) is 0 Å². The highest BCUT2D eigenvalue weighted by atomic mass is 35.5. The molecule has 2 rings (SSSR count). The largest absolute Gasteiger partial charge is 0.491 e. The summed E-state index contributed by atoms with van der Waals surface area (Å²) in [4.78, 5) is 12.2. The Labute approximate surface area is 146 Å². The maximum absolute atomic E-state index is 13.0. The topological polar surface area (TPSA) is 38.3 Å². The zero-order valence-corrected chi connectivity index (χ0v) is 13.9. The minimum atomic E-state index is -4.59. The number of carbonyl (C=O) groups is 1. The van der Waals surface area contributed by atoms with Gasteiger partial charge >= 0.3 is 6.18 Å². The first-order chi connectivity index (χ1) is 11.2. The van der Waals surface area contributed by atoms with Gasteiger partial charge in [-0.25, -0.2) is 0 Å². The number of nitrogens with one attached hydrogen (secondary N) is 1. The molecule has 0 heterocycles. The Morgan fingerprint density at radius 1 is 1.17 bits per heavy atom. The van der Waals surface area contributed by atoms with Crippen LogP contribution in [0.3, 0.4) is 0 Å². The van der Waals surface area contributed by atoms with Crippen LogP contribution in [0.4, 0.5) is 18.9 Å². The lowest BCUT2D eigenvalue weighted by molar-refractivity contribution is -0.136. The molecule has 0 fully saturated rings. The molecular formula is C16H12Cl2F3NO2. The SMILES string of the molecule is CCOc1c(Cl)cc(C(=O)Nc2ccccc2C(F)(F)F)cc1Cl. The van der Waals surface area contributed by atoms with E-state index < -0.39 is 17.6 Å². The van der Waals surface area contributed by atoms with E-state index in [4.69, 9.17) is 27.9 Å². The van der Waals surface area contributed by atoms with Crippen LogP contribution in [-0.4, -0.2) is 12.5 Å². The Morgan fingerprint density at radius 3 is 2.29 bits per heavy atom. The molecule has 0 aliphatic rings. The van der Waals surface area contributed by atoms with E-state index in [0.717, 1.165) is 6.07 Å². The van der Waals surface area contributed by atoms with E-state index >= 15 is 0 Å². The van der Waals surface area contributed by atoms with Gasteiger partial charge in [0.25, 0.3) is 5.91 Å². The highest BCUT2D eigenvalue weighted by Gasteiger charge is 2.33. The Kier molecular flexibility index (Phi) is 5.62. The van der Waals surface area contributed by atoms with Crippen LogP contribution < -0.4 is 10.1 Å². The molecule has 2 aromatic carbocycles. The van der Waals surface area contributed by atoms with Gasteiger partial charge in [-0.1, -0.05) is 35.3 Å². The smallest absolute Gasteiger partial charge is 0.418 e. The molecule has 3 nitrogen and oxygen atoms in total. The van der Waals surface area contributed by atoms with Crippen molar-refractivity contribution in [2.75, 3.05) is 11.9 Å². The Morgan fingerprint density at radius 2 is 1.75 bits per heavy atom. The standard InChI is InChI=1S/C16H12Cl2F3NO2/c1-2-24-14-11(17)7-9(8-12(14)18)15(23)22-13-6-4-3-5-10(13)16(19,20)21/h3-8H,2H2,1H3,(H,22,23). The van der Waals surface area contributed by atoms with Gasteiger partial charge in [-0.2, -0.15) is 13.2 Å². The second kappa shape index (κ2) is 7.32. The van der Waals surface area contributed by atoms with Gasteiger partial charge in [-0.05, 0) is 31.2 Å². The number of alkyl halides is 3. The second-order valence-corrected chi connectivity index (χ2v) is 5.51. The van der Waals surface area contributed by atoms with E-state index in [1.807, 2.05) is 0 Å². The molecule has 24 heavy (non-hydrogen) atoms. The zero-order valence-electron chi connectivity index (χ0n) is 12.4. The van der Waals surface area contributed by atoms with E-state index in [1.165, 1.54) is 30.3 Å². The molecule has 0 atom stereocenters. The molecule has 0 saturated carbocycles. The summed E-state index contributed by atoms with van der Waals surface area (Å²) in [6, 6.07) is 7.24. The molecular weight excluding hydrogens is 366 g/mol. The van der Waals surface area contributed by atoms with E-state index in [0.29, 0.717) is 6.61 Å². The molecule has 0 radical (unpaired) electrons. The van der Waals surface area contributed by atoms with Gasteiger partial charge in [0.05, 0.1) is 27.9 Å². The van der Waals surface area contributed by atoms with Crippen LogP contribution in [0, 0.1) is 0 Å². The number of ether oxygens (including phenoxy) is 1. The summed E-state index contributed by atoms with van der Waals surface area (Å²) >= 11 is 12.0. The van der Waals surface area contributed by atoms with Crippen LogP contribution in [0.25, 0.3) is 0 Å². The minimum absolute atomic E-state index is 0.0189. The van der Waals surface area contributed by atoms with Crippen molar-refractivity contribution in [1.29, 1.82) is 0 Å². The quantitative estimate of drug-likeness (QED) is 0.745. The first kappa shape index (κ1) is 18.4. The van der Waals surface area contributed by atoms with E-state index in [-0.39, 0.29) is 27.0 Å². The van der Waals surface area contributed by atoms with Crippen molar-refractivity contribution in [3.63, 3.8) is 0 Å². The van der Waals surface area contributed by atoms with Crippen molar-refractivity contribution in [2.45, 2.75) is 13.1 Å². The molecule has 0 aliphatic heterocycles. The molecule has 0 spiro atoms. The third kappa shape index (κ3) is 4.13. The van der Waals surface area contributed by atoms with Crippen molar-refractivity contribution in [3.05, 3.63) is 57.6 Å². The van der Waals surface area contributed by atoms with Crippen molar-refractivity contribution < 1.29 is 22.7 Å². The monoisotopic (exact) mass is 377 g/mol. The summed E-state index contributed by atoms with van der Waals surface area (Å²) in [5, 5.41) is 2.41. The van der Waals surface area contributed by atoms with E-state index in [2.05, 4.69) is 5.32 Å². The molecule has 1 amide bonds. The zero-order chi connectivity index (χ0) is 17.9. The summed E-state index contributed by atoms with van der Waals surface area (Å²) in [7, 11) is 0. The molecule has 0 aliphatic carbocycles. The van der Waals surface area contributed by atoms with Gasteiger partial charge in [-0.15, -0.1) is 0 Å². The number of carbonyl (C=O) groups excluding carboxylic acids is 1. The van der Waals surface area contributed by atoms with Crippen LogP contribution in [-0.2, 0) is 6.18 Å². The minimum Gasteiger partial charge on any atom is -0.491 e. The van der Waals surface area contributed by atoms with Crippen molar-refractivity contribution >= 4 is 34.8 Å². The number of amides is 1. The van der Waals surface area contributed by atoms with Crippen LogP contribution in [0.5, 0.6) is 5.75 Å². The van der Waals surface area contributed by atoms with Gasteiger partial charge in [-0.3, -0.25) is 4.79 Å². The molecule has 0 saturated heterocycles. The average molecular weight is 378 g/mol. The van der Waals surface area contributed by atoms with Gasteiger partial charge in [0.1, 0.15) is 0 Å². The number of hydrogen-bond donors (Lipinski definition) is 1. The second-order valence-electron chi connectivity index (χ2n) is 4.70. The van der Waals surface area contributed by atoms with Gasteiger partial charge in [0.2, 0.25) is 0 Å². The number of anilines is 1. The maximum atomic E-state index is 13.0. The fourth-order valence-corrected chi connectivity index (χ4v) is 2.60. The van der Waals surface area contributed by atoms with Crippen LogP contribution in [0.15, 0.2) is 36.4 Å². The fourth-order valence-electron chi connectivity index (χ4n) is 2.01. The Bertz CT molecular complexity index is 740. The molecule has 0 bridgehead atoms. The van der Waals surface area contributed by atoms with Gasteiger partial charge in [0, 0.05) is 5.56 Å². The normalized spacial score (nSPS) is 11.2. The number of benzene rings is 2. The Balaban J connectivity index is 2.32. The molecule has 8 heteroatoms. The lowest BCUT2D eigenvalue weighted by atomic mass is 10.1. The first-order valence-electron chi connectivity index (χ1n) is 6.83. The lowest BCUT2D eigenvalue weighted by Gasteiger charge is -2.14. The van der Waals surface area contributed by atoms with Crippen molar-refractivity contribution in [3.8, 4) is 5.75 Å². The number of rotatable bonds is 4. The number of para-hydroxylation sites is 1. The molecule has 128 valence electrons. The molecule has 0 aromatic heterocycles. The number of halogens is 5. The van der Waals surface area contributed by atoms with Crippen LogP contribution >= 0.6 is 23.2 Å². The van der Waals surface area contributed by atoms with Gasteiger partial charge in [0.15, 0.2) is 5.75 Å². The van der Waals surface area contributed by atoms with Gasteiger partial charge < -0.3 is 10.1 Å². The number of hydrogen-bond acceptors (Lipinski definition) is 2.